The minimum absolute atomic E-state index is 0.179. The SMILES string of the molecule is CCOc1c(Br)cc(C=Cc2ccc3cccc(O)c3n2)cc1OC. The maximum absolute atomic E-state index is 9.94. The maximum Gasteiger partial charge on any atom is 0.175 e. The van der Waals surface area contributed by atoms with Gasteiger partial charge in [0.2, 0.25) is 0 Å². The lowest BCUT2D eigenvalue weighted by molar-refractivity contribution is 0.309. The highest BCUT2D eigenvalue weighted by atomic mass is 79.9. The number of rotatable bonds is 5. The van der Waals surface area contributed by atoms with E-state index >= 15 is 0 Å². The average molecular weight is 400 g/mol. The van der Waals surface area contributed by atoms with Gasteiger partial charge in [0.25, 0.3) is 0 Å². The first-order valence-corrected chi connectivity index (χ1v) is 8.69. The van der Waals surface area contributed by atoms with E-state index in [1.807, 2.05) is 49.4 Å². The zero-order valence-electron chi connectivity index (χ0n) is 14.0. The van der Waals surface area contributed by atoms with Crippen molar-refractivity contribution in [3.8, 4) is 17.2 Å². The van der Waals surface area contributed by atoms with Gasteiger partial charge in [-0.15, -0.1) is 0 Å². The van der Waals surface area contributed by atoms with Gasteiger partial charge >= 0.3 is 0 Å². The molecule has 1 heterocycles. The number of ether oxygens (including phenoxy) is 2. The monoisotopic (exact) mass is 399 g/mol. The molecule has 0 aliphatic rings. The molecule has 0 atom stereocenters. The van der Waals surface area contributed by atoms with Gasteiger partial charge in [-0.1, -0.05) is 24.3 Å². The van der Waals surface area contributed by atoms with Crippen molar-refractivity contribution in [1.29, 1.82) is 0 Å². The third kappa shape index (κ3) is 3.77. The van der Waals surface area contributed by atoms with Crippen LogP contribution in [0.4, 0.5) is 0 Å². The predicted molar refractivity (Wildman–Crippen MR) is 104 cm³/mol. The topological polar surface area (TPSA) is 51.6 Å². The van der Waals surface area contributed by atoms with Gasteiger partial charge in [0.1, 0.15) is 11.3 Å². The Morgan fingerprint density at radius 2 is 2.00 bits per heavy atom. The average Bonchev–Trinajstić information content (AvgIpc) is 2.62. The number of aromatic nitrogens is 1. The molecular weight excluding hydrogens is 382 g/mol. The van der Waals surface area contributed by atoms with E-state index < -0.39 is 0 Å². The standard InChI is InChI=1S/C20H18BrNO3/c1-3-25-20-16(21)11-13(12-18(20)24-2)7-9-15-10-8-14-5-4-6-17(23)19(14)22-15/h4-12,23H,3H2,1-2H3. The van der Waals surface area contributed by atoms with Crippen molar-refractivity contribution < 1.29 is 14.6 Å². The van der Waals surface area contributed by atoms with E-state index in [1.54, 1.807) is 19.2 Å². The predicted octanol–water partition coefficient (Wildman–Crippen LogP) is 5.28. The molecule has 0 unspecified atom stereocenters. The summed E-state index contributed by atoms with van der Waals surface area (Å²) in [5.41, 5.74) is 2.31. The fourth-order valence-corrected chi connectivity index (χ4v) is 3.12. The van der Waals surface area contributed by atoms with E-state index in [9.17, 15) is 5.11 Å². The second-order valence-electron chi connectivity index (χ2n) is 5.39. The van der Waals surface area contributed by atoms with Crippen molar-refractivity contribution >= 4 is 39.0 Å². The van der Waals surface area contributed by atoms with Gasteiger partial charge in [-0.2, -0.15) is 0 Å². The Kier molecular flexibility index (Phi) is 5.24. The molecule has 2 aromatic carbocycles. The van der Waals surface area contributed by atoms with Crippen LogP contribution in [0.2, 0.25) is 0 Å². The molecule has 0 saturated carbocycles. The highest BCUT2D eigenvalue weighted by Crippen LogP contribution is 2.37. The second kappa shape index (κ2) is 7.57. The summed E-state index contributed by atoms with van der Waals surface area (Å²) in [6, 6.07) is 13.1. The van der Waals surface area contributed by atoms with Crippen LogP contribution in [0.3, 0.4) is 0 Å². The Morgan fingerprint density at radius 1 is 1.16 bits per heavy atom. The lowest BCUT2D eigenvalue weighted by Crippen LogP contribution is -1.96. The number of hydrogen-bond acceptors (Lipinski definition) is 4. The smallest absolute Gasteiger partial charge is 0.175 e. The molecule has 0 radical (unpaired) electrons. The van der Waals surface area contributed by atoms with Crippen LogP contribution < -0.4 is 9.47 Å². The number of nitrogens with zero attached hydrogens (tertiary/aromatic N) is 1. The van der Waals surface area contributed by atoms with E-state index in [4.69, 9.17) is 9.47 Å². The van der Waals surface area contributed by atoms with E-state index in [1.165, 1.54) is 0 Å². The summed E-state index contributed by atoms with van der Waals surface area (Å²) in [5.74, 6) is 1.54. The number of methoxy groups -OCH3 is 1. The number of para-hydroxylation sites is 1. The Morgan fingerprint density at radius 3 is 2.76 bits per heavy atom. The van der Waals surface area contributed by atoms with Crippen molar-refractivity contribution in [2.75, 3.05) is 13.7 Å². The van der Waals surface area contributed by atoms with Gasteiger partial charge < -0.3 is 14.6 Å². The van der Waals surface area contributed by atoms with Crippen LogP contribution in [0.25, 0.3) is 23.1 Å². The zero-order valence-corrected chi connectivity index (χ0v) is 15.6. The van der Waals surface area contributed by atoms with Gasteiger partial charge in [-0.25, -0.2) is 4.98 Å². The molecule has 0 spiro atoms. The number of benzene rings is 2. The Hall–Kier alpha value is -2.53. The first kappa shape index (κ1) is 17.3. The molecule has 0 saturated heterocycles. The summed E-state index contributed by atoms with van der Waals surface area (Å²) in [6.07, 6.45) is 3.84. The summed E-state index contributed by atoms with van der Waals surface area (Å²) >= 11 is 3.52. The van der Waals surface area contributed by atoms with Gasteiger partial charge in [0.05, 0.1) is 23.9 Å². The van der Waals surface area contributed by atoms with E-state index in [-0.39, 0.29) is 5.75 Å². The van der Waals surface area contributed by atoms with Crippen molar-refractivity contribution in [1.82, 2.24) is 4.98 Å². The molecule has 1 aromatic heterocycles. The van der Waals surface area contributed by atoms with Crippen LogP contribution in [0.15, 0.2) is 46.9 Å². The van der Waals surface area contributed by atoms with Crippen molar-refractivity contribution in [3.63, 3.8) is 0 Å². The van der Waals surface area contributed by atoms with E-state index in [0.29, 0.717) is 23.6 Å². The van der Waals surface area contributed by atoms with Crippen molar-refractivity contribution in [3.05, 3.63) is 58.2 Å². The number of hydrogen-bond donors (Lipinski definition) is 1. The van der Waals surface area contributed by atoms with Crippen LogP contribution >= 0.6 is 15.9 Å². The van der Waals surface area contributed by atoms with Crippen LogP contribution in [0.1, 0.15) is 18.2 Å². The number of fused-ring (bicyclic) bond motifs is 1. The fraction of sp³-hybridized carbons (Fsp3) is 0.150. The van der Waals surface area contributed by atoms with Crippen LogP contribution in [0, 0.1) is 0 Å². The van der Waals surface area contributed by atoms with E-state index in [0.717, 1.165) is 21.1 Å². The molecule has 0 fully saturated rings. The fourth-order valence-electron chi connectivity index (χ4n) is 2.54. The molecule has 128 valence electrons. The number of halogens is 1. The van der Waals surface area contributed by atoms with Crippen LogP contribution in [0.5, 0.6) is 17.2 Å². The van der Waals surface area contributed by atoms with Crippen LogP contribution in [-0.4, -0.2) is 23.8 Å². The molecule has 3 aromatic rings. The minimum atomic E-state index is 0.179. The quantitative estimate of drug-likeness (QED) is 0.633. The van der Waals surface area contributed by atoms with Crippen LogP contribution in [-0.2, 0) is 0 Å². The first-order chi connectivity index (χ1) is 12.1. The highest BCUT2D eigenvalue weighted by molar-refractivity contribution is 9.10. The van der Waals surface area contributed by atoms with Gasteiger partial charge in [0.15, 0.2) is 11.5 Å². The molecule has 4 nitrogen and oxygen atoms in total. The molecule has 1 N–H and O–H groups in total. The molecule has 0 bridgehead atoms. The lowest BCUT2D eigenvalue weighted by Gasteiger charge is -2.12. The third-order valence-electron chi connectivity index (χ3n) is 3.71. The van der Waals surface area contributed by atoms with Crippen molar-refractivity contribution in [2.24, 2.45) is 0 Å². The summed E-state index contributed by atoms with van der Waals surface area (Å²) in [5, 5.41) is 10.8. The van der Waals surface area contributed by atoms with Gasteiger partial charge in [-0.3, -0.25) is 0 Å². The highest BCUT2D eigenvalue weighted by Gasteiger charge is 2.10. The summed E-state index contributed by atoms with van der Waals surface area (Å²) in [6.45, 7) is 2.50. The normalized spacial score (nSPS) is 11.2. The number of phenols is 1. The molecule has 3 rings (SSSR count). The second-order valence-corrected chi connectivity index (χ2v) is 6.24. The van der Waals surface area contributed by atoms with Gasteiger partial charge in [-0.05, 0) is 58.8 Å². The number of phenolic OH excluding ortho intramolecular Hbond substituents is 1. The third-order valence-corrected chi connectivity index (χ3v) is 4.30. The Balaban J connectivity index is 1.94. The maximum atomic E-state index is 9.94. The minimum Gasteiger partial charge on any atom is -0.506 e. The zero-order chi connectivity index (χ0) is 17.8. The lowest BCUT2D eigenvalue weighted by atomic mass is 10.1. The van der Waals surface area contributed by atoms with Gasteiger partial charge in [0, 0.05) is 5.39 Å². The Bertz CT molecular complexity index is 938. The molecule has 5 heteroatoms. The number of pyridine rings is 1. The molecule has 0 amide bonds. The first-order valence-electron chi connectivity index (χ1n) is 7.89. The molecule has 0 aliphatic heterocycles. The summed E-state index contributed by atoms with van der Waals surface area (Å²) in [7, 11) is 1.62. The summed E-state index contributed by atoms with van der Waals surface area (Å²) in [4.78, 5) is 4.50. The van der Waals surface area contributed by atoms with E-state index in [2.05, 4.69) is 20.9 Å². The molecular formula is C20H18BrNO3. The van der Waals surface area contributed by atoms with Crippen molar-refractivity contribution in [2.45, 2.75) is 6.92 Å². The Labute approximate surface area is 154 Å². The largest absolute Gasteiger partial charge is 0.506 e. The summed E-state index contributed by atoms with van der Waals surface area (Å²) < 4.78 is 11.8. The number of aromatic hydroxyl groups is 1. The molecule has 0 aliphatic carbocycles. The molecule has 25 heavy (non-hydrogen) atoms.